The number of rotatable bonds is 5. The molecule has 2 atom stereocenters. The van der Waals surface area contributed by atoms with E-state index >= 15 is 0 Å². The Morgan fingerprint density at radius 3 is 2.89 bits per heavy atom. The van der Waals surface area contributed by atoms with Crippen LogP contribution in [-0.4, -0.2) is 25.8 Å². The van der Waals surface area contributed by atoms with Crippen LogP contribution in [0.5, 0.6) is 0 Å². The molecule has 1 saturated heterocycles. The first kappa shape index (κ1) is 14.3. The molecule has 3 nitrogen and oxygen atoms in total. The first-order valence-electron chi connectivity index (χ1n) is 7.04. The summed E-state index contributed by atoms with van der Waals surface area (Å²) in [7, 11) is 0. The summed E-state index contributed by atoms with van der Waals surface area (Å²) in [5.74, 6) is -0.199. The molecule has 0 saturated carbocycles. The molecule has 1 aromatic rings. The lowest BCUT2D eigenvalue weighted by Gasteiger charge is -2.29. The second kappa shape index (κ2) is 6.35. The second-order valence-corrected chi connectivity index (χ2v) is 5.14. The number of hydrogen-bond acceptors (Lipinski definition) is 3. The van der Waals surface area contributed by atoms with E-state index in [2.05, 4.69) is 0 Å². The van der Waals surface area contributed by atoms with Gasteiger partial charge in [-0.05, 0) is 38.3 Å². The van der Waals surface area contributed by atoms with Gasteiger partial charge in [0, 0.05) is 25.7 Å². The molecule has 106 valence electrons. The van der Waals surface area contributed by atoms with Crippen molar-refractivity contribution >= 4 is 5.69 Å². The molecule has 1 fully saturated rings. The highest BCUT2D eigenvalue weighted by Crippen LogP contribution is 2.29. The first-order chi connectivity index (χ1) is 9.13. The van der Waals surface area contributed by atoms with Crippen LogP contribution in [0.15, 0.2) is 18.2 Å². The average molecular weight is 266 g/mol. The van der Waals surface area contributed by atoms with Gasteiger partial charge in [-0.1, -0.05) is 12.1 Å². The molecule has 2 N–H and O–H groups in total. The Labute approximate surface area is 114 Å². The van der Waals surface area contributed by atoms with Crippen molar-refractivity contribution < 1.29 is 9.13 Å². The van der Waals surface area contributed by atoms with Crippen LogP contribution in [0.4, 0.5) is 10.1 Å². The van der Waals surface area contributed by atoms with Crippen LogP contribution in [0.25, 0.3) is 0 Å². The van der Waals surface area contributed by atoms with E-state index in [0.29, 0.717) is 5.69 Å². The zero-order chi connectivity index (χ0) is 13.8. The molecule has 0 spiro atoms. The Bertz CT molecular complexity index is 417. The Kier molecular flexibility index (Phi) is 4.77. The van der Waals surface area contributed by atoms with Gasteiger partial charge in [-0.3, -0.25) is 0 Å². The van der Waals surface area contributed by atoms with E-state index in [9.17, 15) is 4.39 Å². The highest BCUT2D eigenvalue weighted by atomic mass is 19.1. The number of likely N-dealkylation sites (N-methyl/N-ethyl adjacent to an activating group) is 1. The van der Waals surface area contributed by atoms with Gasteiger partial charge < -0.3 is 15.4 Å². The van der Waals surface area contributed by atoms with Crippen molar-refractivity contribution in [2.75, 3.05) is 24.6 Å². The summed E-state index contributed by atoms with van der Waals surface area (Å²) in [5.41, 5.74) is 7.46. The van der Waals surface area contributed by atoms with Crippen molar-refractivity contribution in [1.82, 2.24) is 0 Å². The van der Waals surface area contributed by atoms with E-state index < -0.39 is 0 Å². The zero-order valence-electron chi connectivity index (χ0n) is 11.7. The summed E-state index contributed by atoms with van der Waals surface area (Å²) in [6.07, 6.45) is 2.36. The van der Waals surface area contributed by atoms with Crippen molar-refractivity contribution in [3.05, 3.63) is 29.6 Å². The van der Waals surface area contributed by atoms with Crippen molar-refractivity contribution in [2.24, 2.45) is 5.73 Å². The lowest BCUT2D eigenvalue weighted by Crippen LogP contribution is -2.34. The van der Waals surface area contributed by atoms with Crippen LogP contribution >= 0.6 is 0 Å². The molecule has 0 amide bonds. The average Bonchev–Trinajstić information content (AvgIpc) is 2.89. The quantitative estimate of drug-likeness (QED) is 0.890. The van der Waals surface area contributed by atoms with Gasteiger partial charge in [0.05, 0.1) is 11.8 Å². The van der Waals surface area contributed by atoms with Gasteiger partial charge >= 0.3 is 0 Å². The Hall–Kier alpha value is -1.13. The van der Waals surface area contributed by atoms with Crippen LogP contribution in [0.1, 0.15) is 38.3 Å². The summed E-state index contributed by atoms with van der Waals surface area (Å²) >= 11 is 0. The zero-order valence-corrected chi connectivity index (χ0v) is 11.7. The van der Waals surface area contributed by atoms with Crippen molar-refractivity contribution in [2.45, 2.75) is 38.8 Å². The molecule has 0 bridgehead atoms. The number of nitrogens with zero attached hydrogens (tertiary/aromatic N) is 1. The smallest absolute Gasteiger partial charge is 0.146 e. The van der Waals surface area contributed by atoms with Crippen molar-refractivity contribution in [3.8, 4) is 0 Å². The third-order valence-corrected chi connectivity index (χ3v) is 3.65. The maximum absolute atomic E-state index is 14.2. The molecule has 1 heterocycles. The van der Waals surface area contributed by atoms with Crippen LogP contribution in [-0.2, 0) is 4.74 Å². The summed E-state index contributed by atoms with van der Waals surface area (Å²) in [4.78, 5) is 2.05. The standard InChI is InChI=1S/C15H23FN2O/c1-3-18(10-12-6-5-9-19-12)15-13(11(2)17)7-4-8-14(15)16/h4,7-8,11-12H,3,5-6,9-10,17H2,1-2H3/t11-,12?/m1/s1. The van der Waals surface area contributed by atoms with Crippen LogP contribution in [0.2, 0.25) is 0 Å². The SMILES string of the molecule is CCN(CC1CCCO1)c1c(F)cccc1[C@@H](C)N. The molecular formula is C15H23FN2O. The fourth-order valence-electron chi connectivity index (χ4n) is 2.65. The number of halogens is 1. The summed E-state index contributed by atoms with van der Waals surface area (Å²) < 4.78 is 19.8. The third kappa shape index (κ3) is 3.25. The van der Waals surface area contributed by atoms with E-state index in [1.807, 2.05) is 24.8 Å². The molecule has 19 heavy (non-hydrogen) atoms. The number of anilines is 1. The molecule has 1 aliphatic rings. The molecule has 1 aromatic carbocycles. The van der Waals surface area contributed by atoms with Gasteiger partial charge in [0.1, 0.15) is 5.82 Å². The molecule has 1 unspecified atom stereocenters. The minimum atomic E-state index is -0.199. The fourth-order valence-corrected chi connectivity index (χ4v) is 2.65. The van der Waals surface area contributed by atoms with Crippen molar-refractivity contribution in [1.29, 1.82) is 0 Å². The summed E-state index contributed by atoms with van der Waals surface area (Å²) in [5, 5.41) is 0. The molecule has 1 aliphatic heterocycles. The predicted molar refractivity (Wildman–Crippen MR) is 75.9 cm³/mol. The molecule has 0 aromatic heterocycles. The number of ether oxygens (including phenoxy) is 1. The van der Waals surface area contributed by atoms with Crippen LogP contribution in [0.3, 0.4) is 0 Å². The van der Waals surface area contributed by atoms with E-state index in [0.717, 1.165) is 38.1 Å². The summed E-state index contributed by atoms with van der Waals surface area (Å²) in [6.45, 7) is 6.22. The monoisotopic (exact) mass is 266 g/mol. The molecule has 0 radical (unpaired) electrons. The Balaban J connectivity index is 2.25. The largest absolute Gasteiger partial charge is 0.376 e. The molecule has 2 rings (SSSR count). The van der Waals surface area contributed by atoms with Gasteiger partial charge in [0.25, 0.3) is 0 Å². The maximum Gasteiger partial charge on any atom is 0.146 e. The van der Waals surface area contributed by atoms with E-state index in [-0.39, 0.29) is 18.0 Å². The van der Waals surface area contributed by atoms with Gasteiger partial charge in [0.15, 0.2) is 0 Å². The van der Waals surface area contributed by atoms with E-state index in [4.69, 9.17) is 10.5 Å². The predicted octanol–water partition coefficient (Wildman–Crippen LogP) is 2.85. The topological polar surface area (TPSA) is 38.5 Å². The lowest BCUT2D eigenvalue weighted by atomic mass is 10.0. The fraction of sp³-hybridized carbons (Fsp3) is 0.600. The molecule has 4 heteroatoms. The Morgan fingerprint density at radius 1 is 1.53 bits per heavy atom. The Morgan fingerprint density at radius 2 is 2.32 bits per heavy atom. The number of benzene rings is 1. The highest BCUT2D eigenvalue weighted by Gasteiger charge is 2.22. The number of hydrogen-bond donors (Lipinski definition) is 1. The van der Waals surface area contributed by atoms with Gasteiger partial charge in [0.2, 0.25) is 0 Å². The molecular weight excluding hydrogens is 243 g/mol. The van der Waals surface area contributed by atoms with Gasteiger partial charge in [-0.2, -0.15) is 0 Å². The highest BCUT2D eigenvalue weighted by molar-refractivity contribution is 5.56. The number of para-hydroxylation sites is 1. The van der Waals surface area contributed by atoms with Crippen molar-refractivity contribution in [3.63, 3.8) is 0 Å². The van der Waals surface area contributed by atoms with Gasteiger partial charge in [-0.15, -0.1) is 0 Å². The number of nitrogens with two attached hydrogens (primary N) is 1. The normalized spacial score (nSPS) is 20.5. The minimum absolute atomic E-state index is 0.177. The summed E-state index contributed by atoms with van der Waals surface area (Å²) in [6, 6.07) is 4.95. The molecule has 0 aliphatic carbocycles. The lowest BCUT2D eigenvalue weighted by molar-refractivity contribution is 0.115. The second-order valence-electron chi connectivity index (χ2n) is 5.14. The van der Waals surface area contributed by atoms with Crippen LogP contribution < -0.4 is 10.6 Å². The van der Waals surface area contributed by atoms with Crippen LogP contribution in [0, 0.1) is 5.82 Å². The minimum Gasteiger partial charge on any atom is -0.376 e. The third-order valence-electron chi connectivity index (χ3n) is 3.65. The van der Waals surface area contributed by atoms with E-state index in [1.54, 1.807) is 6.07 Å². The van der Waals surface area contributed by atoms with Gasteiger partial charge in [-0.25, -0.2) is 4.39 Å². The maximum atomic E-state index is 14.2. The first-order valence-corrected chi connectivity index (χ1v) is 7.04. The van der Waals surface area contributed by atoms with E-state index in [1.165, 1.54) is 6.07 Å².